The largest absolute Gasteiger partial charge is 0.463 e. The molecule has 1 aromatic carbocycles. The van der Waals surface area contributed by atoms with Crippen LogP contribution in [0.15, 0.2) is 29.3 Å². The summed E-state index contributed by atoms with van der Waals surface area (Å²) in [6.07, 6.45) is 0. The lowest BCUT2D eigenvalue weighted by Gasteiger charge is -2.05. The van der Waals surface area contributed by atoms with Crippen LogP contribution in [0.1, 0.15) is 11.6 Å². The van der Waals surface area contributed by atoms with Gasteiger partial charge in [-0.3, -0.25) is 0 Å². The van der Waals surface area contributed by atoms with E-state index in [0.717, 1.165) is 0 Å². The summed E-state index contributed by atoms with van der Waals surface area (Å²) in [7, 11) is 0. The molecule has 1 unspecified atom stereocenters. The van der Waals surface area contributed by atoms with Crippen molar-refractivity contribution in [3.05, 3.63) is 35.6 Å². The minimum atomic E-state index is -0.291. The lowest BCUT2D eigenvalue weighted by molar-refractivity contribution is 0.312. The van der Waals surface area contributed by atoms with E-state index in [1.54, 1.807) is 18.2 Å². The minimum Gasteiger partial charge on any atom is -0.463 e. The van der Waals surface area contributed by atoms with Crippen molar-refractivity contribution in [2.75, 3.05) is 6.61 Å². The Labute approximate surface area is 75.0 Å². The van der Waals surface area contributed by atoms with Crippen LogP contribution in [0.4, 0.5) is 4.39 Å². The second-order valence-corrected chi connectivity index (χ2v) is 2.82. The fourth-order valence-corrected chi connectivity index (χ4v) is 1.30. The average molecular weight is 180 g/mol. The fourth-order valence-electron chi connectivity index (χ4n) is 1.30. The second kappa shape index (κ2) is 3.05. The Morgan fingerprint density at radius 3 is 2.85 bits per heavy atom. The van der Waals surface area contributed by atoms with Crippen molar-refractivity contribution < 1.29 is 9.13 Å². The molecular formula is C9H9FN2O. The predicted octanol–water partition coefficient (Wildman–Crippen LogP) is 1.21. The molecule has 0 bridgehead atoms. The number of nitrogens with two attached hydrogens (primary N) is 1. The smallest absolute Gasteiger partial charge is 0.282 e. The van der Waals surface area contributed by atoms with Gasteiger partial charge in [-0.1, -0.05) is 18.2 Å². The zero-order valence-corrected chi connectivity index (χ0v) is 6.90. The fraction of sp³-hybridized carbons (Fsp3) is 0.222. The van der Waals surface area contributed by atoms with Gasteiger partial charge in [-0.2, -0.15) is 0 Å². The number of hydrogen-bond donors (Lipinski definition) is 1. The summed E-state index contributed by atoms with van der Waals surface area (Å²) in [5, 5.41) is 0. The van der Waals surface area contributed by atoms with Gasteiger partial charge in [-0.15, -0.1) is 0 Å². The topological polar surface area (TPSA) is 47.6 Å². The Kier molecular flexibility index (Phi) is 1.88. The molecule has 1 aromatic rings. The van der Waals surface area contributed by atoms with Gasteiger partial charge in [0.2, 0.25) is 0 Å². The van der Waals surface area contributed by atoms with Crippen LogP contribution >= 0.6 is 0 Å². The predicted molar refractivity (Wildman–Crippen MR) is 46.7 cm³/mol. The highest BCUT2D eigenvalue weighted by molar-refractivity contribution is 5.73. The summed E-state index contributed by atoms with van der Waals surface area (Å²) in [5.41, 5.74) is 5.85. The Hall–Kier alpha value is -1.58. The lowest BCUT2D eigenvalue weighted by atomic mass is 10.1. The molecule has 1 aliphatic rings. The molecule has 0 saturated heterocycles. The molecule has 0 aliphatic carbocycles. The highest BCUT2D eigenvalue weighted by Crippen LogP contribution is 2.23. The highest BCUT2D eigenvalue weighted by atomic mass is 19.1. The van der Waals surface area contributed by atoms with Gasteiger partial charge in [0.05, 0.1) is 0 Å². The van der Waals surface area contributed by atoms with Crippen molar-refractivity contribution in [3.63, 3.8) is 0 Å². The average Bonchev–Trinajstić information content (AvgIpc) is 2.53. The van der Waals surface area contributed by atoms with E-state index in [2.05, 4.69) is 4.99 Å². The van der Waals surface area contributed by atoms with Crippen molar-refractivity contribution in [3.8, 4) is 0 Å². The zero-order valence-electron chi connectivity index (χ0n) is 6.90. The maximum Gasteiger partial charge on any atom is 0.282 e. The van der Waals surface area contributed by atoms with Crippen molar-refractivity contribution in [1.29, 1.82) is 0 Å². The summed E-state index contributed by atoms with van der Waals surface area (Å²) in [6, 6.07) is 6.34. The van der Waals surface area contributed by atoms with Crippen LogP contribution in [-0.2, 0) is 4.74 Å². The Morgan fingerprint density at radius 1 is 1.46 bits per heavy atom. The van der Waals surface area contributed by atoms with Crippen molar-refractivity contribution in [2.24, 2.45) is 10.7 Å². The number of hydrogen-bond acceptors (Lipinski definition) is 3. The van der Waals surface area contributed by atoms with Crippen molar-refractivity contribution in [1.82, 2.24) is 0 Å². The van der Waals surface area contributed by atoms with E-state index >= 15 is 0 Å². The molecule has 2 rings (SSSR count). The summed E-state index contributed by atoms with van der Waals surface area (Å²) < 4.78 is 18.1. The molecule has 1 aliphatic heterocycles. The number of benzene rings is 1. The normalized spacial score (nSPS) is 21.0. The minimum absolute atomic E-state index is 0.133. The van der Waals surface area contributed by atoms with Gasteiger partial charge in [0.15, 0.2) is 0 Å². The molecule has 68 valence electrons. The number of nitrogens with zero attached hydrogens (tertiary/aromatic N) is 1. The van der Waals surface area contributed by atoms with Gasteiger partial charge in [0.25, 0.3) is 6.02 Å². The number of rotatable bonds is 1. The molecule has 0 spiro atoms. The van der Waals surface area contributed by atoms with Gasteiger partial charge in [0, 0.05) is 5.56 Å². The molecule has 0 radical (unpaired) electrons. The van der Waals surface area contributed by atoms with E-state index in [1.807, 2.05) is 0 Å². The Bertz CT molecular complexity index is 351. The molecule has 4 heteroatoms. The van der Waals surface area contributed by atoms with E-state index in [0.29, 0.717) is 12.2 Å². The highest BCUT2D eigenvalue weighted by Gasteiger charge is 2.20. The van der Waals surface area contributed by atoms with Crippen LogP contribution in [0.5, 0.6) is 0 Å². The van der Waals surface area contributed by atoms with Crippen LogP contribution in [-0.4, -0.2) is 12.6 Å². The van der Waals surface area contributed by atoms with Crippen LogP contribution in [0.2, 0.25) is 0 Å². The molecule has 0 amide bonds. The van der Waals surface area contributed by atoms with Gasteiger partial charge in [-0.05, 0) is 6.07 Å². The first-order valence-corrected chi connectivity index (χ1v) is 3.98. The van der Waals surface area contributed by atoms with E-state index in [-0.39, 0.29) is 17.9 Å². The molecule has 0 aromatic heterocycles. The number of amidine groups is 1. The van der Waals surface area contributed by atoms with Crippen molar-refractivity contribution in [2.45, 2.75) is 6.04 Å². The van der Waals surface area contributed by atoms with Crippen LogP contribution < -0.4 is 5.73 Å². The van der Waals surface area contributed by atoms with Crippen LogP contribution in [0.25, 0.3) is 0 Å². The van der Waals surface area contributed by atoms with Gasteiger partial charge < -0.3 is 10.5 Å². The second-order valence-electron chi connectivity index (χ2n) is 2.82. The van der Waals surface area contributed by atoms with Crippen LogP contribution in [0.3, 0.4) is 0 Å². The number of ether oxygens (including phenoxy) is 1. The monoisotopic (exact) mass is 180 g/mol. The molecule has 0 saturated carbocycles. The molecule has 2 N–H and O–H groups in total. The molecule has 13 heavy (non-hydrogen) atoms. The van der Waals surface area contributed by atoms with E-state index in [4.69, 9.17) is 10.5 Å². The summed E-state index contributed by atoms with van der Waals surface area (Å²) >= 11 is 0. The Balaban J connectivity index is 2.31. The maximum atomic E-state index is 13.2. The van der Waals surface area contributed by atoms with Gasteiger partial charge in [0.1, 0.15) is 18.5 Å². The van der Waals surface area contributed by atoms with E-state index < -0.39 is 0 Å². The third kappa shape index (κ3) is 1.47. The zero-order chi connectivity index (χ0) is 9.26. The molecule has 1 heterocycles. The third-order valence-electron chi connectivity index (χ3n) is 1.94. The number of halogens is 1. The first kappa shape index (κ1) is 8.04. The summed E-state index contributed by atoms with van der Waals surface area (Å²) in [4.78, 5) is 3.95. The van der Waals surface area contributed by atoms with Crippen molar-refractivity contribution >= 4 is 6.02 Å². The first-order chi connectivity index (χ1) is 6.27. The third-order valence-corrected chi connectivity index (χ3v) is 1.94. The number of aliphatic imine (C=N–C) groups is 1. The van der Waals surface area contributed by atoms with E-state index in [9.17, 15) is 4.39 Å². The molecule has 1 atom stereocenters. The molecule has 0 fully saturated rings. The molecule has 3 nitrogen and oxygen atoms in total. The van der Waals surface area contributed by atoms with Gasteiger partial charge in [-0.25, -0.2) is 9.38 Å². The SMILES string of the molecule is NC1=NC(c2ccccc2F)CO1. The summed E-state index contributed by atoms with van der Waals surface area (Å²) in [5.74, 6) is -0.269. The molecular weight excluding hydrogens is 171 g/mol. The van der Waals surface area contributed by atoms with E-state index in [1.165, 1.54) is 6.07 Å². The van der Waals surface area contributed by atoms with Gasteiger partial charge >= 0.3 is 0 Å². The quantitative estimate of drug-likeness (QED) is 0.706. The van der Waals surface area contributed by atoms with Crippen LogP contribution in [0, 0.1) is 5.82 Å². The Morgan fingerprint density at radius 2 is 2.23 bits per heavy atom. The standard InChI is InChI=1S/C9H9FN2O/c10-7-4-2-1-3-6(7)8-5-13-9(11)12-8/h1-4,8H,5H2,(H2,11,12). The summed E-state index contributed by atoms with van der Waals surface area (Å²) in [6.45, 7) is 0.326. The maximum absolute atomic E-state index is 13.2. The lowest BCUT2D eigenvalue weighted by Crippen LogP contribution is -2.10. The first-order valence-electron chi connectivity index (χ1n) is 3.98.